The van der Waals surface area contributed by atoms with Gasteiger partial charge < -0.3 is 4.90 Å². The van der Waals surface area contributed by atoms with Gasteiger partial charge in [-0.25, -0.2) is 0 Å². The Balaban J connectivity index is 1.60. The molecule has 150 valence electrons. The van der Waals surface area contributed by atoms with Gasteiger partial charge >= 0.3 is 0 Å². The molecule has 3 aromatic rings. The van der Waals surface area contributed by atoms with Crippen LogP contribution in [0, 0.1) is 10.1 Å². The number of hydrogen-bond donors (Lipinski definition) is 0. The molecule has 2 aliphatic heterocycles. The van der Waals surface area contributed by atoms with Gasteiger partial charge in [0.05, 0.1) is 16.3 Å². The van der Waals surface area contributed by atoms with Crippen LogP contribution in [0.15, 0.2) is 76.5 Å². The first-order valence-corrected chi connectivity index (χ1v) is 10.7. The van der Waals surface area contributed by atoms with Gasteiger partial charge in [0, 0.05) is 34.5 Å². The number of nitrogens with zero attached hydrogens (tertiary/aromatic N) is 3. The van der Waals surface area contributed by atoms with Gasteiger partial charge in [-0.05, 0) is 49.2 Å². The van der Waals surface area contributed by atoms with Gasteiger partial charge in [-0.15, -0.1) is 0 Å². The number of carbonyl (C=O) groups excluding carboxylic acids is 1. The third-order valence-electron chi connectivity index (χ3n) is 5.50. The topological polar surface area (TPSA) is 66.7 Å². The molecule has 0 aromatic heterocycles. The van der Waals surface area contributed by atoms with Crippen molar-refractivity contribution in [3.8, 4) is 0 Å². The maximum absolute atomic E-state index is 13.6. The number of carbonyl (C=O) groups is 1. The lowest BCUT2D eigenvalue weighted by atomic mass is 10.1. The SMILES string of the molecule is O=C(c1ccc(N2CCCC2)c([N+](=O)[O-])c1)N1c2ccccc2Sc2ccccc21. The minimum atomic E-state index is -0.390. The second-order valence-corrected chi connectivity index (χ2v) is 8.42. The predicted octanol–water partition coefficient (Wildman–Crippen LogP) is 5.64. The largest absolute Gasteiger partial charge is 0.366 e. The normalized spacial score (nSPS) is 14.9. The van der Waals surface area contributed by atoms with Gasteiger partial charge in [0.25, 0.3) is 11.6 Å². The average Bonchev–Trinajstić information content (AvgIpc) is 3.31. The number of benzene rings is 3. The molecular formula is C23H19N3O3S. The molecule has 1 fully saturated rings. The molecule has 0 saturated carbocycles. The highest BCUT2D eigenvalue weighted by Crippen LogP contribution is 2.48. The first kappa shape index (κ1) is 18.7. The summed E-state index contributed by atoms with van der Waals surface area (Å²) < 4.78 is 0. The molecule has 7 heteroatoms. The molecule has 0 radical (unpaired) electrons. The van der Waals surface area contributed by atoms with E-state index in [1.807, 2.05) is 53.4 Å². The van der Waals surface area contributed by atoms with E-state index < -0.39 is 4.92 Å². The smallest absolute Gasteiger partial charge is 0.293 e. The minimum absolute atomic E-state index is 0.0179. The Morgan fingerprint density at radius 1 is 0.867 bits per heavy atom. The van der Waals surface area contributed by atoms with Gasteiger partial charge in [-0.2, -0.15) is 0 Å². The van der Waals surface area contributed by atoms with E-state index in [2.05, 4.69) is 0 Å². The molecule has 1 saturated heterocycles. The highest BCUT2D eigenvalue weighted by atomic mass is 32.2. The molecule has 2 aliphatic rings. The van der Waals surface area contributed by atoms with Crippen LogP contribution in [0.5, 0.6) is 0 Å². The molecule has 0 bridgehead atoms. The molecule has 0 unspecified atom stereocenters. The van der Waals surface area contributed by atoms with Crippen molar-refractivity contribution >= 4 is 40.4 Å². The molecule has 3 aromatic carbocycles. The number of rotatable bonds is 3. The Morgan fingerprint density at radius 2 is 1.47 bits per heavy atom. The van der Waals surface area contributed by atoms with E-state index in [4.69, 9.17) is 0 Å². The molecule has 2 heterocycles. The quantitative estimate of drug-likeness (QED) is 0.408. The minimum Gasteiger partial charge on any atom is -0.366 e. The maximum Gasteiger partial charge on any atom is 0.293 e. The summed E-state index contributed by atoms with van der Waals surface area (Å²) in [6, 6.07) is 20.3. The fourth-order valence-electron chi connectivity index (χ4n) is 4.08. The summed E-state index contributed by atoms with van der Waals surface area (Å²) in [7, 11) is 0. The summed E-state index contributed by atoms with van der Waals surface area (Å²) in [4.78, 5) is 30.6. The number of nitro benzene ring substituents is 1. The summed E-state index contributed by atoms with van der Waals surface area (Å²) in [5.74, 6) is -0.272. The molecule has 0 N–H and O–H groups in total. The Hall–Kier alpha value is -3.32. The Morgan fingerprint density at radius 3 is 2.07 bits per heavy atom. The van der Waals surface area contributed by atoms with E-state index in [0.717, 1.165) is 47.1 Å². The standard InChI is InChI=1S/C23H19N3O3S/c27-23(16-11-12-17(20(15-16)26(28)29)24-13-5-6-14-24)25-18-7-1-3-9-21(18)30-22-10-4-2-8-19(22)25/h1-4,7-12,15H,5-6,13-14H2. The van der Waals surface area contributed by atoms with E-state index in [-0.39, 0.29) is 11.6 Å². The second kappa shape index (κ2) is 7.50. The number of fused-ring (bicyclic) bond motifs is 2. The maximum atomic E-state index is 13.6. The highest BCUT2D eigenvalue weighted by molar-refractivity contribution is 7.99. The first-order valence-electron chi connectivity index (χ1n) is 9.87. The molecule has 0 spiro atoms. The van der Waals surface area contributed by atoms with Crippen LogP contribution < -0.4 is 9.80 Å². The van der Waals surface area contributed by atoms with Crippen LogP contribution in [-0.2, 0) is 0 Å². The summed E-state index contributed by atoms with van der Waals surface area (Å²) in [6.45, 7) is 1.61. The fraction of sp³-hybridized carbons (Fsp3) is 0.174. The molecule has 0 aliphatic carbocycles. The van der Waals surface area contributed by atoms with E-state index in [9.17, 15) is 14.9 Å². The molecule has 0 atom stereocenters. The number of amides is 1. The zero-order valence-corrected chi connectivity index (χ0v) is 17.0. The van der Waals surface area contributed by atoms with Gasteiger partial charge in [0.2, 0.25) is 0 Å². The third-order valence-corrected chi connectivity index (χ3v) is 6.63. The number of hydrogen-bond acceptors (Lipinski definition) is 5. The van der Waals surface area contributed by atoms with Gasteiger partial charge in [0.15, 0.2) is 0 Å². The van der Waals surface area contributed by atoms with Gasteiger partial charge in [-0.1, -0.05) is 36.0 Å². The van der Waals surface area contributed by atoms with Crippen LogP contribution in [0.3, 0.4) is 0 Å². The molecule has 6 nitrogen and oxygen atoms in total. The van der Waals surface area contributed by atoms with Crippen molar-refractivity contribution in [2.75, 3.05) is 22.9 Å². The lowest BCUT2D eigenvalue weighted by Crippen LogP contribution is -2.28. The first-order chi connectivity index (χ1) is 14.6. The van der Waals surface area contributed by atoms with Crippen molar-refractivity contribution < 1.29 is 9.72 Å². The van der Waals surface area contributed by atoms with Crippen LogP contribution in [0.25, 0.3) is 0 Å². The Bertz CT molecular complexity index is 1110. The zero-order valence-electron chi connectivity index (χ0n) is 16.2. The zero-order chi connectivity index (χ0) is 20.7. The van der Waals surface area contributed by atoms with E-state index >= 15 is 0 Å². The Kier molecular flexibility index (Phi) is 4.67. The van der Waals surface area contributed by atoms with Gasteiger partial charge in [-0.3, -0.25) is 19.8 Å². The summed E-state index contributed by atoms with van der Waals surface area (Å²) >= 11 is 1.62. The van der Waals surface area contributed by atoms with Gasteiger partial charge in [0.1, 0.15) is 5.69 Å². The van der Waals surface area contributed by atoms with Crippen LogP contribution in [0.1, 0.15) is 23.2 Å². The van der Waals surface area contributed by atoms with Crippen molar-refractivity contribution in [3.05, 3.63) is 82.4 Å². The van der Waals surface area contributed by atoms with Crippen molar-refractivity contribution in [3.63, 3.8) is 0 Å². The molecular weight excluding hydrogens is 398 g/mol. The fourth-order valence-corrected chi connectivity index (χ4v) is 5.14. The van der Waals surface area contributed by atoms with Crippen LogP contribution in [0.4, 0.5) is 22.7 Å². The van der Waals surface area contributed by atoms with Crippen LogP contribution >= 0.6 is 11.8 Å². The van der Waals surface area contributed by atoms with Crippen LogP contribution in [0.2, 0.25) is 0 Å². The highest BCUT2D eigenvalue weighted by Gasteiger charge is 2.31. The van der Waals surface area contributed by atoms with Crippen molar-refractivity contribution in [2.24, 2.45) is 0 Å². The number of nitro groups is 1. The molecule has 5 rings (SSSR count). The van der Waals surface area contributed by atoms with Crippen molar-refractivity contribution in [1.29, 1.82) is 0 Å². The summed E-state index contributed by atoms with van der Waals surface area (Å²) in [5.41, 5.74) is 2.45. The second-order valence-electron chi connectivity index (χ2n) is 7.33. The van der Waals surface area contributed by atoms with Crippen LogP contribution in [-0.4, -0.2) is 23.9 Å². The predicted molar refractivity (Wildman–Crippen MR) is 118 cm³/mol. The van der Waals surface area contributed by atoms with E-state index in [1.54, 1.807) is 28.8 Å². The number of para-hydroxylation sites is 2. The third kappa shape index (κ3) is 3.11. The lowest BCUT2D eigenvalue weighted by molar-refractivity contribution is -0.384. The Labute approximate surface area is 178 Å². The van der Waals surface area contributed by atoms with E-state index in [1.165, 1.54) is 6.07 Å². The number of anilines is 3. The lowest BCUT2D eigenvalue weighted by Gasteiger charge is -2.31. The molecule has 30 heavy (non-hydrogen) atoms. The summed E-state index contributed by atoms with van der Waals surface area (Å²) in [6.07, 6.45) is 2.05. The summed E-state index contributed by atoms with van der Waals surface area (Å²) in [5, 5.41) is 11.8. The average molecular weight is 417 g/mol. The van der Waals surface area contributed by atoms with Crippen molar-refractivity contribution in [1.82, 2.24) is 0 Å². The molecule has 1 amide bonds. The monoisotopic (exact) mass is 417 g/mol. The van der Waals surface area contributed by atoms with Crippen molar-refractivity contribution in [2.45, 2.75) is 22.6 Å². The van der Waals surface area contributed by atoms with E-state index in [0.29, 0.717) is 11.3 Å².